The van der Waals surface area contributed by atoms with E-state index in [0.29, 0.717) is 18.9 Å². The van der Waals surface area contributed by atoms with Gasteiger partial charge in [-0.15, -0.1) is 12.4 Å². The van der Waals surface area contributed by atoms with Crippen molar-refractivity contribution < 1.29 is 18.4 Å². The molecule has 8 heteroatoms. The van der Waals surface area contributed by atoms with Crippen molar-refractivity contribution in [2.45, 2.75) is 46.2 Å². The third-order valence-corrected chi connectivity index (χ3v) is 4.44. The predicted molar refractivity (Wildman–Crippen MR) is 105 cm³/mol. The van der Waals surface area contributed by atoms with Gasteiger partial charge in [-0.3, -0.25) is 9.59 Å². The zero-order valence-corrected chi connectivity index (χ0v) is 17.3. The minimum absolute atomic E-state index is 0. The Morgan fingerprint density at radius 1 is 1.11 bits per heavy atom. The molecule has 2 amide bonds. The molecule has 0 saturated heterocycles. The topological polar surface area (TPSA) is 75.4 Å². The molecule has 154 valence electrons. The molecule has 1 aromatic carbocycles. The Labute approximate surface area is 166 Å². The number of benzene rings is 1. The number of nitrogens with two attached hydrogens (primary N) is 1. The second-order valence-corrected chi connectivity index (χ2v) is 7.25. The highest BCUT2D eigenvalue weighted by Gasteiger charge is 2.29. The van der Waals surface area contributed by atoms with Crippen LogP contribution >= 0.6 is 12.4 Å². The van der Waals surface area contributed by atoms with Gasteiger partial charge in [-0.2, -0.15) is 0 Å². The number of hydrogen-bond donors (Lipinski definition) is 2. The minimum Gasteiger partial charge on any atom is -0.344 e. The number of likely N-dealkylation sites (N-methyl/N-ethyl adjacent to an activating group) is 1. The maximum Gasteiger partial charge on any atom is 0.257 e. The molecule has 0 spiro atoms. The van der Waals surface area contributed by atoms with Crippen LogP contribution in [0.2, 0.25) is 0 Å². The number of nitrogens with one attached hydrogen (secondary N) is 1. The average Bonchev–Trinajstić information content (AvgIpc) is 2.55. The average molecular weight is 406 g/mol. The van der Waals surface area contributed by atoms with Gasteiger partial charge < -0.3 is 16.0 Å². The first kappa shape index (κ1) is 25.3. The molecule has 0 aromatic heterocycles. The first-order valence-corrected chi connectivity index (χ1v) is 8.81. The smallest absolute Gasteiger partial charge is 0.257 e. The number of nitrogens with zero attached hydrogens (tertiary/aromatic N) is 1. The van der Waals surface area contributed by atoms with Crippen molar-refractivity contribution >= 4 is 24.2 Å². The second kappa shape index (κ2) is 11.2. The molecule has 3 N–H and O–H groups in total. The first-order valence-electron chi connectivity index (χ1n) is 8.81. The van der Waals surface area contributed by atoms with Crippen molar-refractivity contribution in [2.24, 2.45) is 17.6 Å². The predicted octanol–water partition coefficient (Wildman–Crippen LogP) is 2.97. The van der Waals surface area contributed by atoms with E-state index < -0.39 is 29.1 Å². The summed E-state index contributed by atoms with van der Waals surface area (Å²) in [5.41, 5.74) is 5.32. The van der Waals surface area contributed by atoms with Gasteiger partial charge >= 0.3 is 0 Å². The molecule has 1 aromatic rings. The van der Waals surface area contributed by atoms with Gasteiger partial charge in [-0.1, -0.05) is 33.8 Å². The van der Waals surface area contributed by atoms with E-state index in [-0.39, 0.29) is 30.3 Å². The van der Waals surface area contributed by atoms with Crippen LogP contribution in [0.3, 0.4) is 0 Å². The fraction of sp³-hybridized carbons (Fsp3) is 0.579. The van der Waals surface area contributed by atoms with E-state index in [0.717, 1.165) is 12.1 Å². The third-order valence-electron chi connectivity index (χ3n) is 4.44. The van der Waals surface area contributed by atoms with Crippen molar-refractivity contribution in [1.82, 2.24) is 10.2 Å². The summed E-state index contributed by atoms with van der Waals surface area (Å²) in [5.74, 6) is -3.14. The lowest BCUT2D eigenvalue weighted by Crippen LogP contribution is -2.51. The van der Waals surface area contributed by atoms with E-state index in [2.05, 4.69) is 5.32 Å². The third kappa shape index (κ3) is 7.07. The summed E-state index contributed by atoms with van der Waals surface area (Å²) >= 11 is 0. The highest BCUT2D eigenvalue weighted by atomic mass is 35.5. The molecule has 0 aliphatic heterocycles. The molecule has 2 unspecified atom stereocenters. The number of halogens is 3. The summed E-state index contributed by atoms with van der Waals surface area (Å²) < 4.78 is 27.6. The zero-order chi connectivity index (χ0) is 20.0. The molecule has 0 radical (unpaired) electrons. The van der Waals surface area contributed by atoms with Gasteiger partial charge in [-0.25, -0.2) is 8.78 Å². The number of rotatable bonds is 8. The van der Waals surface area contributed by atoms with Crippen LogP contribution in [0.4, 0.5) is 8.78 Å². The van der Waals surface area contributed by atoms with E-state index >= 15 is 0 Å². The van der Waals surface area contributed by atoms with E-state index in [1.54, 1.807) is 20.9 Å². The molecule has 0 fully saturated rings. The molecule has 0 saturated carbocycles. The molecule has 5 nitrogen and oxygen atoms in total. The van der Waals surface area contributed by atoms with Gasteiger partial charge in [0.2, 0.25) is 5.91 Å². The van der Waals surface area contributed by atoms with Crippen LogP contribution in [0.1, 0.15) is 44.5 Å². The molecular weight excluding hydrogens is 376 g/mol. The maximum absolute atomic E-state index is 13.8. The molecule has 0 bridgehead atoms. The monoisotopic (exact) mass is 405 g/mol. The summed E-state index contributed by atoms with van der Waals surface area (Å²) in [6.45, 7) is 7.97. The molecule has 0 aliphatic rings. The Kier molecular flexibility index (Phi) is 10.5. The quantitative estimate of drug-likeness (QED) is 0.698. The van der Waals surface area contributed by atoms with Crippen LogP contribution in [0.5, 0.6) is 0 Å². The van der Waals surface area contributed by atoms with E-state index in [1.165, 1.54) is 11.0 Å². The zero-order valence-electron chi connectivity index (χ0n) is 16.5. The lowest BCUT2D eigenvalue weighted by Gasteiger charge is -2.28. The summed E-state index contributed by atoms with van der Waals surface area (Å²) in [4.78, 5) is 26.5. The number of hydrogen-bond acceptors (Lipinski definition) is 3. The van der Waals surface area contributed by atoms with Gasteiger partial charge in [0.05, 0.1) is 0 Å². The summed E-state index contributed by atoms with van der Waals surface area (Å²) in [6.07, 6.45) is 0.626. The summed E-state index contributed by atoms with van der Waals surface area (Å²) in [5, 5.41) is 2.46. The summed E-state index contributed by atoms with van der Waals surface area (Å²) in [7, 11) is 1.63. The Hall–Kier alpha value is -1.73. The second-order valence-electron chi connectivity index (χ2n) is 7.25. The molecule has 0 aliphatic carbocycles. The Morgan fingerprint density at radius 2 is 1.63 bits per heavy atom. The standard InChI is InChI=1S/C19H29F2N3O2.ClH/c1-11(2)15(22)9-10-24(5)19(26)17(12(3)4)23-18(25)16-13(20)7-6-8-14(16)21;/h6-8,11-12,15,17H,9-10,22H2,1-5H3,(H,23,25);1H. The normalized spacial score (nSPS) is 13.1. The van der Waals surface area contributed by atoms with Crippen LogP contribution < -0.4 is 11.1 Å². The Balaban J connectivity index is 0.00000676. The van der Waals surface area contributed by atoms with Crippen molar-refractivity contribution in [3.8, 4) is 0 Å². The fourth-order valence-electron chi connectivity index (χ4n) is 2.47. The number of carbonyl (C=O) groups excluding carboxylic acids is 2. The largest absolute Gasteiger partial charge is 0.344 e. The van der Waals surface area contributed by atoms with E-state index in [4.69, 9.17) is 5.73 Å². The highest BCUT2D eigenvalue weighted by molar-refractivity contribution is 5.98. The molecule has 2 atom stereocenters. The molecular formula is C19H30ClF2N3O2. The first-order chi connectivity index (χ1) is 12.1. The van der Waals surface area contributed by atoms with Gasteiger partial charge in [0.15, 0.2) is 0 Å². The van der Waals surface area contributed by atoms with E-state index in [1.807, 2.05) is 13.8 Å². The minimum atomic E-state index is -0.964. The van der Waals surface area contributed by atoms with Crippen LogP contribution in [-0.2, 0) is 4.79 Å². The van der Waals surface area contributed by atoms with E-state index in [9.17, 15) is 18.4 Å². The van der Waals surface area contributed by atoms with Gasteiger partial charge in [0.25, 0.3) is 5.91 Å². The van der Waals surface area contributed by atoms with Crippen molar-refractivity contribution in [3.63, 3.8) is 0 Å². The van der Waals surface area contributed by atoms with Crippen LogP contribution in [-0.4, -0.2) is 42.4 Å². The number of amides is 2. The number of carbonyl (C=O) groups is 2. The highest BCUT2D eigenvalue weighted by Crippen LogP contribution is 2.14. The molecule has 0 heterocycles. The van der Waals surface area contributed by atoms with Crippen LogP contribution in [0.15, 0.2) is 18.2 Å². The van der Waals surface area contributed by atoms with Crippen molar-refractivity contribution in [3.05, 3.63) is 35.4 Å². The Bertz CT molecular complexity index is 621. The molecule has 1 rings (SSSR count). The van der Waals surface area contributed by atoms with Crippen LogP contribution in [0.25, 0.3) is 0 Å². The maximum atomic E-state index is 13.8. The molecule has 27 heavy (non-hydrogen) atoms. The SMILES string of the molecule is CC(C)C(N)CCN(C)C(=O)C(NC(=O)c1c(F)cccc1F)C(C)C.Cl. The Morgan fingerprint density at radius 3 is 2.07 bits per heavy atom. The summed E-state index contributed by atoms with van der Waals surface area (Å²) in [6, 6.07) is 2.26. The van der Waals surface area contributed by atoms with Crippen molar-refractivity contribution in [1.29, 1.82) is 0 Å². The lowest BCUT2D eigenvalue weighted by atomic mass is 10.00. The fourth-order valence-corrected chi connectivity index (χ4v) is 2.47. The van der Waals surface area contributed by atoms with Gasteiger partial charge in [0.1, 0.15) is 23.2 Å². The van der Waals surface area contributed by atoms with Gasteiger partial charge in [0, 0.05) is 19.6 Å². The van der Waals surface area contributed by atoms with Crippen molar-refractivity contribution in [2.75, 3.05) is 13.6 Å². The lowest BCUT2D eigenvalue weighted by molar-refractivity contribution is -0.133. The van der Waals surface area contributed by atoms with Gasteiger partial charge in [-0.05, 0) is 30.4 Å². The van der Waals surface area contributed by atoms with Crippen LogP contribution in [0, 0.1) is 23.5 Å².